The molecule has 0 aromatic heterocycles. The van der Waals surface area contributed by atoms with Gasteiger partial charge in [-0.3, -0.25) is 14.4 Å². The Kier molecular flexibility index (Phi) is 7.23. The third-order valence-corrected chi connectivity index (χ3v) is 5.32. The van der Waals surface area contributed by atoms with E-state index in [9.17, 15) is 18.8 Å². The Labute approximate surface area is 180 Å². The zero-order valence-corrected chi connectivity index (χ0v) is 17.6. The summed E-state index contributed by atoms with van der Waals surface area (Å²) in [6, 6.07) is 12.4. The molecular weight excluding hydrogens is 401 g/mol. The largest absolute Gasteiger partial charge is 0.497 e. The summed E-state index contributed by atoms with van der Waals surface area (Å²) in [6.45, 7) is 2.91. The molecule has 3 amide bonds. The second kappa shape index (κ2) is 10.1. The van der Waals surface area contributed by atoms with Crippen LogP contribution >= 0.6 is 0 Å². The molecule has 31 heavy (non-hydrogen) atoms. The molecule has 1 aliphatic rings. The number of piperazine rings is 1. The second-order valence-corrected chi connectivity index (χ2v) is 7.34. The number of halogens is 1. The number of nitrogens with zero attached hydrogens (tertiary/aromatic N) is 2. The van der Waals surface area contributed by atoms with E-state index in [1.54, 1.807) is 38.3 Å². The molecule has 1 fully saturated rings. The second-order valence-electron chi connectivity index (χ2n) is 7.34. The zero-order valence-electron chi connectivity index (χ0n) is 17.6. The number of ether oxygens (including phenoxy) is 1. The molecule has 1 N–H and O–H groups in total. The fourth-order valence-corrected chi connectivity index (χ4v) is 3.55. The predicted molar refractivity (Wildman–Crippen MR) is 112 cm³/mol. The van der Waals surface area contributed by atoms with E-state index < -0.39 is 17.9 Å². The van der Waals surface area contributed by atoms with Gasteiger partial charge in [-0.25, -0.2) is 4.39 Å². The highest BCUT2D eigenvalue weighted by molar-refractivity contribution is 6.35. The van der Waals surface area contributed by atoms with Gasteiger partial charge in [0, 0.05) is 26.2 Å². The third kappa shape index (κ3) is 5.39. The summed E-state index contributed by atoms with van der Waals surface area (Å²) in [6.07, 6.45) is 0.394. The van der Waals surface area contributed by atoms with Crippen LogP contribution in [-0.2, 0) is 27.5 Å². The molecule has 0 aliphatic carbocycles. The van der Waals surface area contributed by atoms with Crippen molar-refractivity contribution >= 4 is 17.7 Å². The first-order valence-corrected chi connectivity index (χ1v) is 10.2. The highest BCUT2D eigenvalue weighted by atomic mass is 19.1. The zero-order chi connectivity index (χ0) is 22.4. The van der Waals surface area contributed by atoms with Crippen molar-refractivity contribution in [1.82, 2.24) is 15.1 Å². The van der Waals surface area contributed by atoms with Crippen LogP contribution < -0.4 is 10.1 Å². The normalized spacial score (nSPS) is 15.1. The molecule has 1 aliphatic heterocycles. The van der Waals surface area contributed by atoms with E-state index in [0.717, 1.165) is 16.9 Å². The van der Waals surface area contributed by atoms with Crippen molar-refractivity contribution in [1.29, 1.82) is 0 Å². The number of amides is 3. The summed E-state index contributed by atoms with van der Waals surface area (Å²) in [7, 11) is 1.58. The highest BCUT2D eigenvalue weighted by Crippen LogP contribution is 2.16. The summed E-state index contributed by atoms with van der Waals surface area (Å²) in [5.41, 5.74) is 1.63. The summed E-state index contributed by atoms with van der Waals surface area (Å²) < 4.78 is 18.2. The van der Waals surface area contributed by atoms with Gasteiger partial charge in [0.05, 0.1) is 7.11 Å². The smallest absolute Gasteiger partial charge is 0.312 e. The molecule has 1 heterocycles. The van der Waals surface area contributed by atoms with Gasteiger partial charge in [-0.2, -0.15) is 0 Å². The van der Waals surface area contributed by atoms with Crippen LogP contribution in [0.2, 0.25) is 0 Å². The van der Waals surface area contributed by atoms with Gasteiger partial charge in [-0.05, 0) is 41.8 Å². The summed E-state index contributed by atoms with van der Waals surface area (Å²) in [5.74, 6) is -1.28. The summed E-state index contributed by atoms with van der Waals surface area (Å²) >= 11 is 0. The summed E-state index contributed by atoms with van der Waals surface area (Å²) in [4.78, 5) is 40.8. The molecule has 3 rings (SSSR count). The van der Waals surface area contributed by atoms with Crippen molar-refractivity contribution in [3.05, 3.63) is 65.5 Å². The van der Waals surface area contributed by atoms with E-state index >= 15 is 0 Å². The lowest BCUT2D eigenvalue weighted by atomic mass is 10.1. The average molecular weight is 427 g/mol. The molecule has 8 heteroatoms. The van der Waals surface area contributed by atoms with Crippen LogP contribution in [0.3, 0.4) is 0 Å². The van der Waals surface area contributed by atoms with E-state index in [2.05, 4.69) is 5.32 Å². The van der Waals surface area contributed by atoms with Gasteiger partial charge in [0.2, 0.25) is 5.91 Å². The van der Waals surface area contributed by atoms with E-state index in [1.807, 2.05) is 12.1 Å². The van der Waals surface area contributed by atoms with Gasteiger partial charge in [-0.15, -0.1) is 0 Å². The fraction of sp³-hybridized carbons (Fsp3) is 0.348. The minimum Gasteiger partial charge on any atom is -0.497 e. The van der Waals surface area contributed by atoms with Crippen molar-refractivity contribution in [2.45, 2.75) is 32.5 Å². The molecule has 2 aromatic rings. The van der Waals surface area contributed by atoms with Crippen LogP contribution in [0, 0.1) is 5.82 Å². The maximum atomic E-state index is 13.1. The average Bonchev–Trinajstić information content (AvgIpc) is 2.79. The lowest BCUT2D eigenvalue weighted by molar-refractivity contribution is -0.159. The van der Waals surface area contributed by atoms with Gasteiger partial charge in [0.25, 0.3) is 0 Å². The van der Waals surface area contributed by atoms with Crippen LogP contribution in [0.1, 0.15) is 24.5 Å². The van der Waals surface area contributed by atoms with Crippen LogP contribution in [0.5, 0.6) is 5.75 Å². The SMILES string of the molecule is CCC(C(=O)NCc1ccc(OC)cc1)N1CCN(Cc2ccc(F)cc2)C(=O)C1=O. The fourth-order valence-electron chi connectivity index (χ4n) is 3.55. The lowest BCUT2D eigenvalue weighted by Gasteiger charge is -2.37. The molecule has 0 radical (unpaired) electrons. The topological polar surface area (TPSA) is 79.0 Å². The maximum absolute atomic E-state index is 13.1. The standard InChI is InChI=1S/C23H26FN3O4/c1-3-20(21(28)25-14-16-6-10-19(31-2)11-7-16)27-13-12-26(22(29)23(27)30)15-17-4-8-18(24)9-5-17/h4-11,20H,3,12-15H2,1-2H3,(H,25,28). The third-order valence-electron chi connectivity index (χ3n) is 5.32. The van der Waals surface area contributed by atoms with Gasteiger partial charge in [0.15, 0.2) is 0 Å². The molecule has 0 saturated carbocycles. The van der Waals surface area contributed by atoms with Crippen LogP contribution in [0.15, 0.2) is 48.5 Å². The summed E-state index contributed by atoms with van der Waals surface area (Å²) in [5, 5.41) is 2.84. The van der Waals surface area contributed by atoms with Crippen molar-refractivity contribution in [2.75, 3.05) is 20.2 Å². The van der Waals surface area contributed by atoms with E-state index in [1.165, 1.54) is 21.9 Å². The van der Waals surface area contributed by atoms with Gasteiger partial charge in [0.1, 0.15) is 17.6 Å². The number of benzene rings is 2. The Morgan fingerprint density at radius 1 is 1.03 bits per heavy atom. The minimum atomic E-state index is -0.720. The maximum Gasteiger partial charge on any atom is 0.312 e. The van der Waals surface area contributed by atoms with Gasteiger partial charge in [-0.1, -0.05) is 31.2 Å². The molecule has 164 valence electrons. The number of carbonyl (C=O) groups excluding carboxylic acids is 3. The van der Waals surface area contributed by atoms with E-state index in [0.29, 0.717) is 19.5 Å². The minimum absolute atomic E-state index is 0.221. The molecule has 7 nitrogen and oxygen atoms in total. The Balaban J connectivity index is 1.59. The van der Waals surface area contributed by atoms with Crippen LogP contribution in [0.25, 0.3) is 0 Å². The van der Waals surface area contributed by atoms with Crippen molar-refractivity contribution in [3.63, 3.8) is 0 Å². The molecule has 1 atom stereocenters. The van der Waals surface area contributed by atoms with Crippen LogP contribution in [-0.4, -0.2) is 53.8 Å². The van der Waals surface area contributed by atoms with E-state index in [4.69, 9.17) is 4.74 Å². The number of rotatable bonds is 8. The number of nitrogens with one attached hydrogen (secondary N) is 1. The lowest BCUT2D eigenvalue weighted by Crippen LogP contribution is -2.59. The Morgan fingerprint density at radius 3 is 2.29 bits per heavy atom. The van der Waals surface area contributed by atoms with Crippen molar-refractivity contribution < 1.29 is 23.5 Å². The Morgan fingerprint density at radius 2 is 1.68 bits per heavy atom. The Bertz CT molecular complexity index is 931. The molecule has 2 aromatic carbocycles. The first-order valence-electron chi connectivity index (χ1n) is 10.2. The predicted octanol–water partition coefficient (Wildman–Crippen LogP) is 2.10. The molecule has 1 saturated heterocycles. The number of hydrogen-bond acceptors (Lipinski definition) is 4. The van der Waals surface area contributed by atoms with E-state index in [-0.39, 0.29) is 24.8 Å². The molecule has 1 unspecified atom stereocenters. The van der Waals surface area contributed by atoms with Gasteiger partial charge >= 0.3 is 11.8 Å². The van der Waals surface area contributed by atoms with Crippen molar-refractivity contribution in [3.8, 4) is 5.75 Å². The van der Waals surface area contributed by atoms with Crippen molar-refractivity contribution in [2.24, 2.45) is 0 Å². The van der Waals surface area contributed by atoms with Crippen LogP contribution in [0.4, 0.5) is 4.39 Å². The Hall–Kier alpha value is -3.42. The monoisotopic (exact) mass is 427 g/mol. The quantitative estimate of drug-likeness (QED) is 0.655. The number of hydrogen-bond donors (Lipinski definition) is 1. The molecular formula is C23H26FN3O4. The number of methoxy groups -OCH3 is 1. The molecule has 0 bridgehead atoms. The number of carbonyl (C=O) groups is 3. The first-order chi connectivity index (χ1) is 14.9. The van der Waals surface area contributed by atoms with Gasteiger partial charge < -0.3 is 19.9 Å². The first kappa shape index (κ1) is 22.3. The molecule has 0 spiro atoms. The highest BCUT2D eigenvalue weighted by Gasteiger charge is 2.38.